The van der Waals surface area contributed by atoms with Crippen molar-refractivity contribution in [2.24, 2.45) is 0 Å². The molecule has 6 saturated heterocycles. The van der Waals surface area contributed by atoms with Crippen LogP contribution in [0.2, 0.25) is 0 Å². The van der Waals surface area contributed by atoms with Gasteiger partial charge in [0.25, 0.3) is 0 Å². The van der Waals surface area contributed by atoms with E-state index in [0.29, 0.717) is 65.0 Å². The topological polar surface area (TPSA) is 129 Å². The molecule has 14 heteroatoms. The standard InChI is InChI=1S/C66H88O14/c1-13-27-67-51-41-19-17-20-42(51)36-46-32-40(24-26-50-56-58(76-64(7,8)74-56)60-62(72-50)80-66(11,12)78-60)34-48(54(46)70-30-16-4)38-44-22-18-21-43(52(44)68-28-14-2)37-47-33-39(31-45(35-41)53(47)69-29-15-3)23-25-49-55-57(75-63(5,6)73-55)59-61(71-49)79-65(9,10)77-59/h17-22,31-34,49-50,55-62H,13-16,23-30,35-38H2,1-12H3/t49-,50-,55+,56+,57+,58+,59-,60-,61-,62-/m1/s1. The molecule has 4 aromatic rings. The summed E-state index contributed by atoms with van der Waals surface area (Å²) in [5.74, 6) is 0.457. The number of fused-ring (bicyclic) bond motifs is 14. The smallest absolute Gasteiger partial charge is 0.190 e. The highest BCUT2D eigenvalue weighted by Gasteiger charge is 2.62. The largest absolute Gasteiger partial charge is 0.493 e. The lowest BCUT2D eigenvalue weighted by atomic mass is 9.88. The summed E-state index contributed by atoms with van der Waals surface area (Å²) in [7, 11) is 0. The van der Waals surface area contributed by atoms with Crippen molar-refractivity contribution in [2.75, 3.05) is 26.4 Å². The molecule has 0 unspecified atom stereocenters. The third-order valence-corrected chi connectivity index (χ3v) is 16.2. The minimum atomic E-state index is -0.800. The maximum Gasteiger partial charge on any atom is 0.190 e. The Morgan fingerprint density at radius 3 is 0.950 bits per heavy atom. The van der Waals surface area contributed by atoms with Crippen molar-refractivity contribution in [3.8, 4) is 23.0 Å². The highest BCUT2D eigenvalue weighted by Crippen LogP contribution is 2.48. The van der Waals surface area contributed by atoms with Gasteiger partial charge in [-0.2, -0.15) is 0 Å². The lowest BCUT2D eigenvalue weighted by Crippen LogP contribution is -2.55. The van der Waals surface area contributed by atoms with Crippen LogP contribution in [0.1, 0.15) is 177 Å². The van der Waals surface area contributed by atoms with Gasteiger partial charge in [0.1, 0.15) is 59.6 Å². The maximum absolute atomic E-state index is 6.95. The van der Waals surface area contributed by atoms with Crippen LogP contribution < -0.4 is 18.9 Å². The Labute approximate surface area is 474 Å². The van der Waals surface area contributed by atoms with E-state index in [-0.39, 0.29) is 48.8 Å². The minimum absolute atomic E-state index is 0.289. The molecule has 7 aliphatic rings. The van der Waals surface area contributed by atoms with Crippen molar-refractivity contribution in [1.29, 1.82) is 0 Å². The van der Waals surface area contributed by atoms with E-state index in [1.807, 2.05) is 55.4 Å². The van der Waals surface area contributed by atoms with Gasteiger partial charge >= 0.3 is 0 Å². The fourth-order valence-electron chi connectivity index (χ4n) is 13.1. The molecule has 80 heavy (non-hydrogen) atoms. The van der Waals surface area contributed by atoms with E-state index in [4.69, 9.17) is 66.3 Å². The molecule has 10 atom stereocenters. The van der Waals surface area contributed by atoms with Crippen LogP contribution in [0.5, 0.6) is 23.0 Å². The van der Waals surface area contributed by atoms with Crippen LogP contribution in [0, 0.1) is 0 Å². The summed E-state index contributed by atoms with van der Waals surface area (Å²) >= 11 is 0. The fourth-order valence-corrected chi connectivity index (χ4v) is 13.1. The molecule has 0 saturated carbocycles. The summed E-state index contributed by atoms with van der Waals surface area (Å²) in [4.78, 5) is 0. The van der Waals surface area contributed by atoms with Gasteiger partial charge in [0.05, 0.1) is 38.6 Å². The summed E-state index contributed by atoms with van der Waals surface area (Å²) in [5.41, 5.74) is 11.2. The lowest BCUT2D eigenvalue weighted by Gasteiger charge is -2.37. The first kappa shape index (κ1) is 57.5. The van der Waals surface area contributed by atoms with Crippen LogP contribution in [-0.4, -0.2) is 111 Å². The van der Waals surface area contributed by atoms with Gasteiger partial charge in [0.2, 0.25) is 0 Å². The molecule has 1 aliphatic carbocycles. The van der Waals surface area contributed by atoms with Crippen LogP contribution >= 0.6 is 0 Å². The summed E-state index contributed by atoms with van der Waals surface area (Å²) in [6.45, 7) is 26.5. The van der Waals surface area contributed by atoms with Crippen molar-refractivity contribution in [3.05, 3.63) is 116 Å². The summed E-state index contributed by atoms with van der Waals surface area (Å²) < 4.78 is 93.0. The molecule has 8 bridgehead atoms. The quantitative estimate of drug-likeness (QED) is 0.0825. The van der Waals surface area contributed by atoms with Crippen molar-refractivity contribution < 1.29 is 66.3 Å². The molecule has 4 aromatic carbocycles. The molecule has 6 heterocycles. The molecule has 0 aromatic heterocycles. The van der Waals surface area contributed by atoms with E-state index in [9.17, 15) is 0 Å². The Bertz CT molecular complexity index is 2540. The molecule has 11 rings (SSSR count). The van der Waals surface area contributed by atoms with Crippen LogP contribution in [0.15, 0.2) is 60.7 Å². The summed E-state index contributed by atoms with van der Waals surface area (Å²) in [6.07, 6.45) is 4.89. The third-order valence-electron chi connectivity index (χ3n) is 16.2. The molecule has 436 valence electrons. The molecular weight excluding hydrogens is 1020 g/mol. The van der Waals surface area contributed by atoms with Gasteiger partial charge in [-0.15, -0.1) is 0 Å². The van der Waals surface area contributed by atoms with E-state index in [1.165, 1.54) is 11.1 Å². The van der Waals surface area contributed by atoms with Gasteiger partial charge in [0.15, 0.2) is 35.7 Å². The Morgan fingerprint density at radius 1 is 0.362 bits per heavy atom. The van der Waals surface area contributed by atoms with Crippen molar-refractivity contribution in [1.82, 2.24) is 0 Å². The number of rotatable bonds is 18. The first-order valence-corrected chi connectivity index (χ1v) is 30.1. The third kappa shape index (κ3) is 12.3. The van der Waals surface area contributed by atoms with Crippen molar-refractivity contribution >= 4 is 0 Å². The minimum Gasteiger partial charge on any atom is -0.493 e. The second kappa shape index (κ2) is 23.4. The van der Waals surface area contributed by atoms with Gasteiger partial charge in [-0.25, -0.2) is 0 Å². The molecule has 14 nitrogen and oxygen atoms in total. The fraction of sp³-hybridized carbons (Fsp3) is 0.636. The molecule has 0 N–H and O–H groups in total. The summed E-state index contributed by atoms with van der Waals surface area (Å²) in [6, 6.07) is 22.6. The van der Waals surface area contributed by atoms with Gasteiger partial charge in [-0.3, -0.25) is 0 Å². The van der Waals surface area contributed by atoms with Gasteiger partial charge in [0, 0.05) is 25.7 Å². The van der Waals surface area contributed by atoms with Gasteiger partial charge in [-0.05, 0) is 162 Å². The summed E-state index contributed by atoms with van der Waals surface area (Å²) in [5, 5.41) is 0. The first-order chi connectivity index (χ1) is 38.3. The average molecular weight is 1110 g/mol. The van der Waals surface area contributed by atoms with E-state index < -0.39 is 35.7 Å². The first-order valence-electron chi connectivity index (χ1n) is 30.1. The number of benzene rings is 4. The van der Waals surface area contributed by atoms with Crippen LogP contribution in [0.4, 0.5) is 0 Å². The van der Waals surface area contributed by atoms with Crippen molar-refractivity contribution in [2.45, 2.75) is 245 Å². The van der Waals surface area contributed by atoms with E-state index in [0.717, 1.165) is 106 Å². The van der Waals surface area contributed by atoms with Gasteiger partial charge in [-0.1, -0.05) is 88.4 Å². The number of ether oxygens (including phenoxy) is 14. The number of hydrogen-bond acceptors (Lipinski definition) is 14. The number of hydrogen-bond donors (Lipinski definition) is 0. The Kier molecular flexibility index (Phi) is 16.8. The molecule has 0 amide bonds. The number of aryl methyl sites for hydroxylation is 2. The highest BCUT2D eigenvalue weighted by atomic mass is 16.9. The van der Waals surface area contributed by atoms with E-state index in [2.05, 4.69) is 88.4 Å². The second-order valence-electron chi connectivity index (χ2n) is 24.9. The van der Waals surface area contributed by atoms with E-state index >= 15 is 0 Å². The molecule has 0 radical (unpaired) electrons. The van der Waals surface area contributed by atoms with Crippen LogP contribution in [0.25, 0.3) is 0 Å². The van der Waals surface area contributed by atoms with Gasteiger partial charge < -0.3 is 66.3 Å². The maximum atomic E-state index is 6.95. The average Bonchev–Trinajstić information content (AvgIpc) is 4.34. The zero-order chi connectivity index (χ0) is 56.1. The SMILES string of the molecule is CCCOc1c2cccc1Cc1cc(CC[C@H]3O[C@@H]4OC(C)(C)O[C@@H]4[C@H]4OC(C)(C)O[C@H]43)cc(c1OCCC)Cc1cccc(c1OCCC)Cc1cc(CC[C@H]3O[C@@H]4OC(C)(C)O[C@@H]4[C@H]4OC(C)(C)O[C@H]43)cc(c1OCCC)C2. The monoisotopic (exact) mass is 1100 g/mol. The number of para-hydroxylation sites is 2. The normalized spacial score (nSPS) is 29.3. The highest BCUT2D eigenvalue weighted by molar-refractivity contribution is 5.57. The second-order valence-corrected chi connectivity index (χ2v) is 24.9. The molecule has 6 aliphatic heterocycles. The predicted molar refractivity (Wildman–Crippen MR) is 302 cm³/mol. The van der Waals surface area contributed by atoms with Crippen molar-refractivity contribution in [3.63, 3.8) is 0 Å². The Balaban J connectivity index is 0.997. The zero-order valence-corrected chi connectivity index (χ0v) is 49.6. The molecular formula is C66H88O14. The Hall–Kier alpha value is -4.32. The Morgan fingerprint density at radius 2 is 0.637 bits per heavy atom. The van der Waals surface area contributed by atoms with Crippen LogP contribution in [-0.2, 0) is 85.9 Å². The molecule has 6 fully saturated rings. The predicted octanol–water partition coefficient (Wildman–Crippen LogP) is 12.2. The van der Waals surface area contributed by atoms with E-state index in [1.54, 1.807) is 0 Å². The molecule has 0 spiro atoms. The van der Waals surface area contributed by atoms with Crippen LogP contribution in [0.3, 0.4) is 0 Å². The lowest BCUT2D eigenvalue weighted by molar-refractivity contribution is -0.235. The zero-order valence-electron chi connectivity index (χ0n) is 49.6.